The van der Waals surface area contributed by atoms with E-state index >= 15 is 0 Å². The molecule has 0 unspecified atom stereocenters. The highest BCUT2D eigenvalue weighted by molar-refractivity contribution is 5.97. The molecule has 0 aliphatic rings. The number of ether oxygens (including phenoxy) is 1. The van der Waals surface area contributed by atoms with Crippen molar-refractivity contribution in [2.24, 2.45) is 0 Å². The zero-order chi connectivity index (χ0) is 12.1. The number of hydrogen-bond donors (Lipinski definition) is 1. The van der Waals surface area contributed by atoms with Crippen LogP contribution in [0.15, 0.2) is 36.4 Å². The smallest absolute Gasteiger partial charge is 0.338 e. The summed E-state index contributed by atoms with van der Waals surface area (Å²) in [5.41, 5.74) is 0.674. The van der Waals surface area contributed by atoms with Crippen molar-refractivity contribution in [2.45, 2.75) is 6.92 Å². The Labute approximate surface area is 93.2 Å². The van der Waals surface area contributed by atoms with Crippen LogP contribution in [0, 0.1) is 0 Å². The highest BCUT2D eigenvalue weighted by atomic mass is 16.5. The molecule has 1 aromatic carbocycles. The lowest BCUT2D eigenvalue weighted by Crippen LogP contribution is -2.08. The van der Waals surface area contributed by atoms with E-state index in [4.69, 9.17) is 9.84 Å². The van der Waals surface area contributed by atoms with Crippen LogP contribution in [0.2, 0.25) is 0 Å². The molecule has 4 heteroatoms. The largest absolute Gasteiger partial charge is 0.423 e. The monoisotopic (exact) mass is 220 g/mol. The standard InChI is InChI=1S/C12H12O4/c1-8(2)12(15)16-10-5-3-9(4-6-10)11(14)7-13/h3-6,13H,1,7H2,2H3. The topological polar surface area (TPSA) is 63.6 Å². The molecule has 0 aliphatic carbocycles. The predicted octanol–water partition coefficient (Wildman–Crippen LogP) is 1.34. The zero-order valence-corrected chi connectivity index (χ0v) is 8.90. The van der Waals surface area contributed by atoms with Crippen LogP contribution in [0.25, 0.3) is 0 Å². The Bertz CT molecular complexity index is 417. The van der Waals surface area contributed by atoms with Crippen LogP contribution in [-0.2, 0) is 4.79 Å². The van der Waals surface area contributed by atoms with Gasteiger partial charge in [-0.05, 0) is 31.2 Å². The molecule has 0 bridgehead atoms. The number of carbonyl (C=O) groups is 2. The molecule has 0 fully saturated rings. The molecule has 0 saturated heterocycles. The van der Waals surface area contributed by atoms with Crippen molar-refractivity contribution >= 4 is 11.8 Å². The van der Waals surface area contributed by atoms with E-state index in [1.165, 1.54) is 24.3 Å². The average molecular weight is 220 g/mol. The molecule has 0 aliphatic heterocycles. The summed E-state index contributed by atoms with van der Waals surface area (Å²) in [4.78, 5) is 22.2. The van der Waals surface area contributed by atoms with E-state index in [9.17, 15) is 9.59 Å². The fourth-order valence-electron chi connectivity index (χ4n) is 0.994. The van der Waals surface area contributed by atoms with Gasteiger partial charge in [0.25, 0.3) is 0 Å². The van der Waals surface area contributed by atoms with Crippen molar-refractivity contribution in [2.75, 3.05) is 6.61 Å². The number of esters is 1. The summed E-state index contributed by atoms with van der Waals surface area (Å²) >= 11 is 0. The molecule has 4 nitrogen and oxygen atoms in total. The van der Waals surface area contributed by atoms with Crippen LogP contribution >= 0.6 is 0 Å². The average Bonchev–Trinajstić information content (AvgIpc) is 2.28. The van der Waals surface area contributed by atoms with Crippen LogP contribution in [0.4, 0.5) is 0 Å². The highest BCUT2D eigenvalue weighted by Crippen LogP contribution is 2.13. The molecule has 84 valence electrons. The number of carbonyl (C=O) groups excluding carboxylic acids is 2. The van der Waals surface area contributed by atoms with Gasteiger partial charge < -0.3 is 9.84 Å². The van der Waals surface area contributed by atoms with Crippen LogP contribution < -0.4 is 4.74 Å². The van der Waals surface area contributed by atoms with E-state index < -0.39 is 12.6 Å². The minimum atomic E-state index is -0.537. The summed E-state index contributed by atoms with van der Waals surface area (Å²) in [7, 11) is 0. The van der Waals surface area contributed by atoms with Gasteiger partial charge in [0.1, 0.15) is 12.4 Å². The Morgan fingerprint density at radius 2 is 1.88 bits per heavy atom. The van der Waals surface area contributed by atoms with Gasteiger partial charge in [0.15, 0.2) is 5.78 Å². The first kappa shape index (κ1) is 12.1. The summed E-state index contributed by atoms with van der Waals surface area (Å²) in [6, 6.07) is 5.95. The van der Waals surface area contributed by atoms with Crippen molar-refractivity contribution in [3.8, 4) is 5.75 Å². The molecule has 0 spiro atoms. The lowest BCUT2D eigenvalue weighted by molar-refractivity contribution is -0.130. The van der Waals surface area contributed by atoms with Gasteiger partial charge in [-0.1, -0.05) is 6.58 Å². The van der Waals surface area contributed by atoms with Gasteiger partial charge in [0.05, 0.1) is 0 Å². The number of aliphatic hydroxyl groups is 1. The van der Waals surface area contributed by atoms with Gasteiger partial charge in [-0.2, -0.15) is 0 Å². The van der Waals surface area contributed by atoms with E-state index in [0.29, 0.717) is 16.9 Å². The summed E-state index contributed by atoms with van der Waals surface area (Å²) in [5.74, 6) is -0.554. The molecule has 0 amide bonds. The molecule has 0 atom stereocenters. The third-order valence-electron chi connectivity index (χ3n) is 1.88. The molecule has 1 aromatic rings. The summed E-state index contributed by atoms with van der Waals surface area (Å²) < 4.78 is 4.93. The molecule has 0 radical (unpaired) electrons. The van der Waals surface area contributed by atoms with Gasteiger partial charge in [0, 0.05) is 11.1 Å². The molecule has 16 heavy (non-hydrogen) atoms. The molecular formula is C12H12O4. The lowest BCUT2D eigenvalue weighted by Gasteiger charge is -2.04. The second kappa shape index (κ2) is 5.23. The van der Waals surface area contributed by atoms with Crippen molar-refractivity contribution in [1.82, 2.24) is 0 Å². The van der Waals surface area contributed by atoms with E-state index in [1.54, 1.807) is 6.92 Å². The second-order valence-corrected chi connectivity index (χ2v) is 3.28. The molecule has 1 rings (SSSR count). The molecule has 1 N–H and O–H groups in total. The van der Waals surface area contributed by atoms with E-state index in [2.05, 4.69) is 6.58 Å². The number of benzene rings is 1. The van der Waals surface area contributed by atoms with E-state index in [-0.39, 0.29) is 5.78 Å². The maximum absolute atomic E-state index is 11.2. The molecule has 0 heterocycles. The summed E-state index contributed by atoms with van der Waals surface area (Å²) in [6.45, 7) is 4.46. The third kappa shape index (κ3) is 3.03. The van der Waals surface area contributed by atoms with Gasteiger partial charge >= 0.3 is 5.97 Å². The maximum Gasteiger partial charge on any atom is 0.338 e. The number of Topliss-reactive ketones (excluding diaryl/α,β-unsaturated/α-hetero) is 1. The first-order chi connectivity index (χ1) is 7.54. The number of rotatable bonds is 4. The van der Waals surface area contributed by atoms with Crippen molar-refractivity contribution < 1.29 is 19.4 Å². The van der Waals surface area contributed by atoms with Crippen molar-refractivity contribution in [1.29, 1.82) is 0 Å². The van der Waals surface area contributed by atoms with Crippen molar-refractivity contribution in [3.63, 3.8) is 0 Å². The minimum absolute atomic E-state index is 0.301. The second-order valence-electron chi connectivity index (χ2n) is 3.28. The summed E-state index contributed by atoms with van der Waals surface area (Å²) in [5, 5.41) is 8.63. The van der Waals surface area contributed by atoms with E-state index in [1.807, 2.05) is 0 Å². The quantitative estimate of drug-likeness (QED) is 0.360. The van der Waals surface area contributed by atoms with Gasteiger partial charge in [-0.15, -0.1) is 0 Å². The van der Waals surface area contributed by atoms with E-state index in [0.717, 1.165) is 0 Å². The fraction of sp³-hybridized carbons (Fsp3) is 0.167. The Hall–Kier alpha value is -1.94. The molecular weight excluding hydrogens is 208 g/mol. The van der Waals surface area contributed by atoms with Gasteiger partial charge in [-0.3, -0.25) is 4.79 Å². The Balaban J connectivity index is 2.76. The fourth-order valence-corrected chi connectivity index (χ4v) is 0.994. The number of aliphatic hydroxyl groups excluding tert-OH is 1. The third-order valence-corrected chi connectivity index (χ3v) is 1.88. The first-order valence-corrected chi connectivity index (χ1v) is 4.66. The van der Waals surface area contributed by atoms with Crippen molar-refractivity contribution in [3.05, 3.63) is 42.0 Å². The number of ketones is 1. The molecule has 0 aromatic heterocycles. The first-order valence-electron chi connectivity index (χ1n) is 4.66. The zero-order valence-electron chi connectivity index (χ0n) is 8.90. The lowest BCUT2D eigenvalue weighted by atomic mass is 10.1. The van der Waals surface area contributed by atoms with Crippen LogP contribution in [-0.4, -0.2) is 23.5 Å². The van der Waals surface area contributed by atoms with Gasteiger partial charge in [0.2, 0.25) is 0 Å². The molecule has 0 saturated carbocycles. The normalized spacial score (nSPS) is 9.62. The Morgan fingerprint density at radius 3 is 2.31 bits per heavy atom. The Morgan fingerprint density at radius 1 is 1.31 bits per heavy atom. The maximum atomic E-state index is 11.2. The van der Waals surface area contributed by atoms with Crippen LogP contribution in [0.3, 0.4) is 0 Å². The van der Waals surface area contributed by atoms with Gasteiger partial charge in [-0.25, -0.2) is 4.79 Å². The SMILES string of the molecule is C=C(C)C(=O)Oc1ccc(C(=O)CO)cc1. The number of hydrogen-bond acceptors (Lipinski definition) is 4. The minimum Gasteiger partial charge on any atom is -0.423 e. The highest BCUT2D eigenvalue weighted by Gasteiger charge is 2.07. The van der Waals surface area contributed by atoms with Crippen LogP contribution in [0.1, 0.15) is 17.3 Å². The predicted molar refractivity (Wildman–Crippen MR) is 58.3 cm³/mol. The summed E-state index contributed by atoms with van der Waals surface area (Å²) in [6.07, 6.45) is 0. The Kier molecular flexibility index (Phi) is 3.96. The van der Waals surface area contributed by atoms with Crippen LogP contribution in [0.5, 0.6) is 5.75 Å².